The van der Waals surface area contributed by atoms with Crippen LogP contribution in [0, 0.1) is 5.92 Å². The number of benzene rings is 1. The molecule has 0 bridgehead atoms. The molecule has 1 aliphatic heterocycles. The van der Waals surface area contributed by atoms with Gasteiger partial charge in [-0.2, -0.15) is 0 Å². The fraction of sp³-hybridized carbons (Fsp3) is 0.273. The molecule has 1 heterocycles. The number of carboxylic acids is 1. The molecular weight excluding hydrogens is 265 g/mol. The van der Waals surface area contributed by atoms with Gasteiger partial charge in [0, 0.05) is 30.5 Å². The zero-order valence-corrected chi connectivity index (χ0v) is 10.2. The van der Waals surface area contributed by atoms with Crippen molar-refractivity contribution >= 4 is 40.8 Å². The van der Waals surface area contributed by atoms with Crippen molar-refractivity contribution in [2.24, 2.45) is 5.92 Å². The third-order valence-corrected chi connectivity index (χ3v) is 3.41. The maximum Gasteiger partial charge on any atom is 0.227 e. The van der Waals surface area contributed by atoms with Crippen LogP contribution >= 0.6 is 23.2 Å². The third-order valence-electron chi connectivity index (χ3n) is 2.67. The summed E-state index contributed by atoms with van der Waals surface area (Å²) in [4.78, 5) is 23.7. The van der Waals surface area contributed by atoms with Crippen LogP contribution in [0.4, 0.5) is 5.69 Å². The van der Waals surface area contributed by atoms with Crippen LogP contribution in [0.25, 0.3) is 0 Å². The quantitative estimate of drug-likeness (QED) is 0.810. The van der Waals surface area contributed by atoms with Crippen molar-refractivity contribution in [3.8, 4) is 0 Å². The van der Waals surface area contributed by atoms with Crippen LogP contribution in [-0.2, 0) is 9.59 Å². The van der Waals surface area contributed by atoms with Crippen molar-refractivity contribution in [1.29, 1.82) is 0 Å². The Kier molecular flexibility index (Phi) is 3.26. The lowest BCUT2D eigenvalue weighted by molar-refractivity contribution is -0.310. The molecule has 1 amide bonds. The van der Waals surface area contributed by atoms with Gasteiger partial charge in [0.2, 0.25) is 5.91 Å². The molecule has 2 rings (SSSR count). The van der Waals surface area contributed by atoms with E-state index in [2.05, 4.69) is 0 Å². The second-order valence-corrected chi connectivity index (χ2v) is 4.64. The Balaban J connectivity index is 2.26. The van der Waals surface area contributed by atoms with E-state index in [1.54, 1.807) is 18.2 Å². The topological polar surface area (TPSA) is 60.4 Å². The number of carbonyl (C=O) groups excluding carboxylic acids is 2. The number of aliphatic carboxylic acids is 1. The van der Waals surface area contributed by atoms with Crippen LogP contribution in [0.2, 0.25) is 10.0 Å². The second kappa shape index (κ2) is 4.55. The number of anilines is 1. The molecule has 1 aromatic rings. The van der Waals surface area contributed by atoms with E-state index in [0.717, 1.165) is 0 Å². The lowest BCUT2D eigenvalue weighted by Crippen LogP contribution is -2.33. The van der Waals surface area contributed by atoms with Crippen molar-refractivity contribution in [2.45, 2.75) is 6.42 Å². The molecule has 0 aliphatic carbocycles. The first kappa shape index (κ1) is 12.2. The van der Waals surface area contributed by atoms with Gasteiger partial charge in [-0.3, -0.25) is 4.79 Å². The number of hydrogen-bond acceptors (Lipinski definition) is 3. The summed E-state index contributed by atoms with van der Waals surface area (Å²) in [6, 6.07) is 4.74. The van der Waals surface area contributed by atoms with E-state index in [1.165, 1.54) is 4.90 Å². The molecule has 1 fully saturated rings. The first-order valence-corrected chi connectivity index (χ1v) is 5.71. The smallest absolute Gasteiger partial charge is 0.227 e. The molecule has 0 aromatic heterocycles. The number of carbonyl (C=O) groups is 2. The molecule has 17 heavy (non-hydrogen) atoms. The van der Waals surface area contributed by atoms with Gasteiger partial charge in [0.15, 0.2) is 0 Å². The van der Waals surface area contributed by atoms with Crippen LogP contribution in [0.1, 0.15) is 6.42 Å². The Morgan fingerprint density at radius 3 is 2.59 bits per heavy atom. The van der Waals surface area contributed by atoms with Gasteiger partial charge in [-0.25, -0.2) is 0 Å². The molecule has 6 heteroatoms. The molecule has 1 saturated heterocycles. The number of rotatable bonds is 2. The molecule has 0 unspecified atom stereocenters. The van der Waals surface area contributed by atoms with Gasteiger partial charge in [-0.05, 0) is 18.2 Å². The monoisotopic (exact) mass is 272 g/mol. The van der Waals surface area contributed by atoms with Crippen molar-refractivity contribution in [1.82, 2.24) is 0 Å². The fourth-order valence-corrected chi connectivity index (χ4v) is 2.06. The van der Waals surface area contributed by atoms with Gasteiger partial charge in [0.05, 0.1) is 10.0 Å². The molecule has 0 N–H and O–H groups in total. The minimum atomic E-state index is -1.21. The number of halogens is 2. The summed E-state index contributed by atoms with van der Waals surface area (Å²) in [5.74, 6) is -2.23. The third kappa shape index (κ3) is 2.37. The van der Waals surface area contributed by atoms with Crippen molar-refractivity contribution in [3.05, 3.63) is 28.2 Å². The van der Waals surface area contributed by atoms with Crippen LogP contribution < -0.4 is 10.0 Å². The molecular formula is C11H8Cl2NO3-. The molecule has 0 spiro atoms. The molecule has 0 radical (unpaired) electrons. The SMILES string of the molecule is O=C([O-])[C@@H]1CC(=O)N(c2ccc(Cl)c(Cl)c2)C1. The van der Waals surface area contributed by atoms with Gasteiger partial charge in [-0.15, -0.1) is 0 Å². The normalized spacial score (nSPS) is 19.8. The zero-order valence-electron chi connectivity index (χ0n) is 8.65. The Morgan fingerprint density at radius 1 is 1.35 bits per heavy atom. The van der Waals surface area contributed by atoms with Gasteiger partial charge < -0.3 is 14.8 Å². The Morgan fingerprint density at radius 2 is 2.06 bits per heavy atom. The highest BCUT2D eigenvalue weighted by atomic mass is 35.5. The van der Waals surface area contributed by atoms with Crippen LogP contribution in [0.3, 0.4) is 0 Å². The van der Waals surface area contributed by atoms with E-state index in [4.69, 9.17) is 23.2 Å². The van der Waals surface area contributed by atoms with E-state index in [9.17, 15) is 14.7 Å². The predicted molar refractivity (Wildman–Crippen MR) is 61.9 cm³/mol. The first-order chi connectivity index (χ1) is 7.99. The van der Waals surface area contributed by atoms with Gasteiger partial charge >= 0.3 is 0 Å². The average molecular weight is 273 g/mol. The van der Waals surface area contributed by atoms with Crippen molar-refractivity contribution < 1.29 is 14.7 Å². The number of hydrogen-bond donors (Lipinski definition) is 0. The average Bonchev–Trinajstić information content (AvgIpc) is 2.65. The minimum absolute atomic E-state index is 0.0391. The summed E-state index contributed by atoms with van der Waals surface area (Å²) in [5.41, 5.74) is 0.549. The maximum atomic E-state index is 11.6. The standard InChI is InChI=1S/C11H9Cl2NO3/c12-8-2-1-7(4-9(8)13)14-5-6(11(16)17)3-10(14)15/h1-2,4,6H,3,5H2,(H,16,17)/p-1/t6-/m1/s1. The van der Waals surface area contributed by atoms with Crippen molar-refractivity contribution in [3.63, 3.8) is 0 Å². The summed E-state index contributed by atoms with van der Waals surface area (Å²) >= 11 is 11.6. The largest absolute Gasteiger partial charge is 0.550 e. The van der Waals surface area contributed by atoms with Gasteiger partial charge in [0.25, 0.3) is 0 Å². The van der Waals surface area contributed by atoms with Crippen LogP contribution in [-0.4, -0.2) is 18.4 Å². The summed E-state index contributed by atoms with van der Waals surface area (Å²) in [5, 5.41) is 11.4. The predicted octanol–water partition coefficient (Wildman–Crippen LogP) is 1.10. The van der Waals surface area contributed by atoms with E-state index in [0.29, 0.717) is 15.7 Å². The van der Waals surface area contributed by atoms with E-state index in [-0.39, 0.29) is 18.9 Å². The molecule has 0 saturated carbocycles. The molecule has 4 nitrogen and oxygen atoms in total. The molecule has 1 aliphatic rings. The van der Waals surface area contributed by atoms with E-state index in [1.807, 2.05) is 0 Å². The molecule has 1 aromatic carbocycles. The number of amides is 1. The Hall–Kier alpha value is -1.26. The van der Waals surface area contributed by atoms with Crippen LogP contribution in [0.15, 0.2) is 18.2 Å². The maximum absolute atomic E-state index is 11.6. The van der Waals surface area contributed by atoms with Gasteiger partial charge in [-0.1, -0.05) is 23.2 Å². The van der Waals surface area contributed by atoms with E-state index < -0.39 is 11.9 Å². The minimum Gasteiger partial charge on any atom is -0.550 e. The number of carboxylic acid groups (broad SMARTS) is 1. The second-order valence-electron chi connectivity index (χ2n) is 3.82. The Labute approximate surface area is 108 Å². The van der Waals surface area contributed by atoms with Crippen molar-refractivity contribution in [2.75, 3.05) is 11.4 Å². The molecule has 90 valence electrons. The lowest BCUT2D eigenvalue weighted by atomic mass is 10.1. The highest BCUT2D eigenvalue weighted by Crippen LogP contribution is 2.30. The Bertz CT molecular complexity index is 490. The number of nitrogens with zero attached hydrogens (tertiary/aromatic N) is 1. The van der Waals surface area contributed by atoms with E-state index >= 15 is 0 Å². The fourth-order valence-electron chi connectivity index (χ4n) is 1.77. The lowest BCUT2D eigenvalue weighted by Gasteiger charge is -2.17. The first-order valence-electron chi connectivity index (χ1n) is 4.95. The summed E-state index contributed by atoms with van der Waals surface area (Å²) in [6.45, 7) is 0.110. The summed E-state index contributed by atoms with van der Waals surface area (Å²) in [7, 11) is 0. The van der Waals surface area contributed by atoms with Gasteiger partial charge in [0.1, 0.15) is 0 Å². The summed E-state index contributed by atoms with van der Waals surface area (Å²) < 4.78 is 0. The summed E-state index contributed by atoms with van der Waals surface area (Å²) in [6.07, 6.45) is -0.0391. The highest BCUT2D eigenvalue weighted by Gasteiger charge is 2.31. The zero-order chi connectivity index (χ0) is 12.6. The van der Waals surface area contributed by atoms with Crippen LogP contribution in [0.5, 0.6) is 0 Å². The highest BCUT2D eigenvalue weighted by molar-refractivity contribution is 6.42. The molecule has 1 atom stereocenters.